The lowest BCUT2D eigenvalue weighted by Crippen LogP contribution is -2.38. The Kier molecular flexibility index (Phi) is 3.75. The predicted octanol–water partition coefficient (Wildman–Crippen LogP) is 1.61. The van der Waals surface area contributed by atoms with Crippen molar-refractivity contribution in [3.8, 4) is 5.69 Å². The molecule has 0 aliphatic carbocycles. The van der Waals surface area contributed by atoms with E-state index in [0.29, 0.717) is 5.56 Å². The lowest BCUT2D eigenvalue weighted by atomic mass is 10.1. The number of rotatable bonds is 3. The second kappa shape index (κ2) is 5.69. The highest BCUT2D eigenvalue weighted by Crippen LogP contribution is 2.17. The average Bonchev–Trinajstić information content (AvgIpc) is 3.16. The van der Waals surface area contributed by atoms with Gasteiger partial charge in [0, 0.05) is 19.6 Å². The van der Waals surface area contributed by atoms with E-state index in [9.17, 15) is 4.79 Å². The molecular formula is C16H20N4O. The lowest BCUT2D eigenvalue weighted by Gasteiger charge is -2.23. The summed E-state index contributed by atoms with van der Waals surface area (Å²) in [4.78, 5) is 14.5. The van der Waals surface area contributed by atoms with Crippen molar-refractivity contribution in [2.24, 2.45) is 0 Å². The standard InChI is InChI=1S/C16H20N4O/c1-12-15(16(21)19(2)14-8-9-17-10-14)11-18-20(12)13-6-4-3-5-7-13/h3-7,11,14,17H,8-10H2,1-2H3. The summed E-state index contributed by atoms with van der Waals surface area (Å²) in [6.45, 7) is 3.78. The number of nitrogens with one attached hydrogen (secondary N) is 1. The van der Waals surface area contributed by atoms with Gasteiger partial charge in [-0.15, -0.1) is 0 Å². The Morgan fingerprint density at radius 1 is 1.38 bits per heavy atom. The van der Waals surface area contributed by atoms with Gasteiger partial charge in [-0.2, -0.15) is 5.10 Å². The van der Waals surface area contributed by atoms with Crippen LogP contribution in [0.4, 0.5) is 0 Å². The number of carbonyl (C=O) groups excluding carboxylic acids is 1. The number of para-hydroxylation sites is 1. The van der Waals surface area contributed by atoms with E-state index in [-0.39, 0.29) is 11.9 Å². The highest BCUT2D eigenvalue weighted by atomic mass is 16.2. The molecule has 1 aromatic heterocycles. The minimum Gasteiger partial charge on any atom is -0.337 e. The largest absolute Gasteiger partial charge is 0.337 e. The second-order valence-corrected chi connectivity index (χ2v) is 5.45. The summed E-state index contributed by atoms with van der Waals surface area (Å²) in [6, 6.07) is 10.1. The third kappa shape index (κ3) is 2.56. The van der Waals surface area contributed by atoms with Crippen molar-refractivity contribution in [2.75, 3.05) is 20.1 Å². The molecule has 1 unspecified atom stereocenters. The normalized spacial score (nSPS) is 17.9. The first-order chi connectivity index (χ1) is 10.2. The Hall–Kier alpha value is -2.14. The Morgan fingerprint density at radius 2 is 2.14 bits per heavy atom. The van der Waals surface area contributed by atoms with Gasteiger partial charge in [-0.25, -0.2) is 4.68 Å². The molecule has 1 saturated heterocycles. The molecule has 0 radical (unpaired) electrons. The maximum atomic E-state index is 12.6. The van der Waals surface area contributed by atoms with Gasteiger partial charge in [0.15, 0.2) is 0 Å². The van der Waals surface area contributed by atoms with E-state index >= 15 is 0 Å². The molecule has 1 aliphatic heterocycles. The SMILES string of the molecule is Cc1c(C(=O)N(C)C2CCNC2)cnn1-c1ccccc1. The van der Waals surface area contributed by atoms with Crippen LogP contribution in [-0.4, -0.2) is 46.8 Å². The predicted molar refractivity (Wildman–Crippen MR) is 81.7 cm³/mol. The highest BCUT2D eigenvalue weighted by molar-refractivity contribution is 5.95. The zero-order chi connectivity index (χ0) is 14.8. The van der Waals surface area contributed by atoms with E-state index in [2.05, 4.69) is 10.4 Å². The first-order valence-corrected chi connectivity index (χ1v) is 7.26. The molecule has 1 amide bonds. The van der Waals surface area contributed by atoms with E-state index in [1.165, 1.54) is 0 Å². The molecule has 1 N–H and O–H groups in total. The molecule has 1 aliphatic rings. The number of amides is 1. The van der Waals surface area contributed by atoms with E-state index in [1.807, 2.05) is 53.9 Å². The molecule has 1 fully saturated rings. The number of carbonyl (C=O) groups is 1. The second-order valence-electron chi connectivity index (χ2n) is 5.45. The van der Waals surface area contributed by atoms with Crippen molar-refractivity contribution < 1.29 is 4.79 Å². The van der Waals surface area contributed by atoms with E-state index in [4.69, 9.17) is 0 Å². The van der Waals surface area contributed by atoms with Gasteiger partial charge < -0.3 is 10.2 Å². The quantitative estimate of drug-likeness (QED) is 0.931. The van der Waals surface area contributed by atoms with E-state index < -0.39 is 0 Å². The molecule has 5 nitrogen and oxygen atoms in total. The smallest absolute Gasteiger partial charge is 0.257 e. The van der Waals surface area contributed by atoms with Crippen molar-refractivity contribution >= 4 is 5.91 Å². The summed E-state index contributed by atoms with van der Waals surface area (Å²) in [5.41, 5.74) is 2.52. The van der Waals surface area contributed by atoms with Crippen molar-refractivity contribution in [3.63, 3.8) is 0 Å². The molecule has 0 saturated carbocycles. The summed E-state index contributed by atoms with van der Waals surface area (Å²) >= 11 is 0. The average molecular weight is 284 g/mol. The fraction of sp³-hybridized carbons (Fsp3) is 0.375. The van der Waals surface area contributed by atoms with Crippen LogP contribution >= 0.6 is 0 Å². The maximum absolute atomic E-state index is 12.6. The van der Waals surface area contributed by atoms with Crippen LogP contribution in [0.5, 0.6) is 0 Å². The summed E-state index contributed by atoms with van der Waals surface area (Å²) in [7, 11) is 1.87. The van der Waals surface area contributed by atoms with Gasteiger partial charge in [-0.05, 0) is 32.0 Å². The number of likely N-dealkylation sites (N-methyl/N-ethyl adjacent to an activating group) is 1. The van der Waals surface area contributed by atoms with Gasteiger partial charge >= 0.3 is 0 Å². The molecule has 5 heteroatoms. The molecule has 0 spiro atoms. The fourth-order valence-electron chi connectivity index (χ4n) is 2.77. The Morgan fingerprint density at radius 3 is 2.81 bits per heavy atom. The van der Waals surface area contributed by atoms with Crippen LogP contribution < -0.4 is 5.32 Å². The van der Waals surface area contributed by atoms with Crippen molar-refractivity contribution in [1.29, 1.82) is 0 Å². The van der Waals surface area contributed by atoms with Crippen molar-refractivity contribution in [3.05, 3.63) is 47.8 Å². The van der Waals surface area contributed by atoms with Gasteiger partial charge in [0.05, 0.1) is 23.1 Å². The highest BCUT2D eigenvalue weighted by Gasteiger charge is 2.26. The van der Waals surface area contributed by atoms with Crippen LogP contribution in [0.1, 0.15) is 22.5 Å². The molecule has 2 heterocycles. The zero-order valence-corrected chi connectivity index (χ0v) is 12.4. The lowest BCUT2D eigenvalue weighted by molar-refractivity contribution is 0.0743. The van der Waals surface area contributed by atoms with Crippen molar-refractivity contribution in [2.45, 2.75) is 19.4 Å². The van der Waals surface area contributed by atoms with Gasteiger partial charge in [-0.3, -0.25) is 4.79 Å². The van der Waals surface area contributed by atoms with Gasteiger partial charge in [0.25, 0.3) is 5.91 Å². The third-order valence-electron chi connectivity index (χ3n) is 4.14. The first kappa shape index (κ1) is 13.8. The van der Waals surface area contributed by atoms with Crippen LogP contribution in [0.25, 0.3) is 5.69 Å². The molecule has 0 bridgehead atoms. The van der Waals surface area contributed by atoms with Crippen LogP contribution in [0, 0.1) is 6.92 Å². The minimum atomic E-state index is 0.0448. The third-order valence-corrected chi connectivity index (χ3v) is 4.14. The monoisotopic (exact) mass is 284 g/mol. The minimum absolute atomic E-state index is 0.0448. The summed E-state index contributed by atoms with van der Waals surface area (Å²) in [6.07, 6.45) is 2.68. The topological polar surface area (TPSA) is 50.2 Å². The number of hydrogen-bond donors (Lipinski definition) is 1. The molecule has 110 valence electrons. The summed E-state index contributed by atoms with van der Waals surface area (Å²) in [5, 5.41) is 7.66. The van der Waals surface area contributed by atoms with Crippen molar-refractivity contribution in [1.82, 2.24) is 20.0 Å². The first-order valence-electron chi connectivity index (χ1n) is 7.26. The fourth-order valence-corrected chi connectivity index (χ4v) is 2.77. The van der Waals surface area contributed by atoms with E-state index in [0.717, 1.165) is 30.9 Å². The number of hydrogen-bond acceptors (Lipinski definition) is 3. The van der Waals surface area contributed by atoms with Gasteiger partial charge in [0.1, 0.15) is 0 Å². The summed E-state index contributed by atoms with van der Waals surface area (Å²) < 4.78 is 1.81. The molecule has 2 aromatic rings. The van der Waals surface area contributed by atoms with E-state index in [1.54, 1.807) is 6.20 Å². The van der Waals surface area contributed by atoms with Crippen LogP contribution in [0.2, 0.25) is 0 Å². The van der Waals surface area contributed by atoms with Gasteiger partial charge in [-0.1, -0.05) is 18.2 Å². The molecule has 21 heavy (non-hydrogen) atoms. The number of nitrogens with zero attached hydrogens (tertiary/aromatic N) is 3. The zero-order valence-electron chi connectivity index (χ0n) is 12.4. The summed E-state index contributed by atoms with van der Waals surface area (Å²) in [5.74, 6) is 0.0448. The van der Waals surface area contributed by atoms with Crippen LogP contribution in [0.3, 0.4) is 0 Å². The van der Waals surface area contributed by atoms with Gasteiger partial charge in [0.2, 0.25) is 0 Å². The Balaban J connectivity index is 1.86. The Labute approximate surface area is 124 Å². The Bertz CT molecular complexity index is 629. The molecule has 1 aromatic carbocycles. The number of benzene rings is 1. The molecule has 1 atom stereocenters. The van der Waals surface area contributed by atoms with Crippen LogP contribution in [0.15, 0.2) is 36.5 Å². The molecular weight excluding hydrogens is 264 g/mol. The number of aromatic nitrogens is 2. The maximum Gasteiger partial charge on any atom is 0.257 e. The molecule has 3 rings (SSSR count). The van der Waals surface area contributed by atoms with Crippen LogP contribution in [-0.2, 0) is 0 Å².